The number of methoxy groups -OCH3 is 1. The number of aromatic carboxylic acids is 1. The number of nitriles is 1. The largest absolute Gasteiger partial charge is 0.478 e. The number of hydrogen-bond acceptors (Lipinski definition) is 7. The molecule has 0 spiro atoms. The summed E-state index contributed by atoms with van der Waals surface area (Å²) >= 11 is 0. The van der Waals surface area contributed by atoms with E-state index in [1.54, 1.807) is 0 Å². The first-order chi connectivity index (χ1) is 10.0. The molecular weight excluding hydrogens is 280 g/mol. The molecule has 1 heterocycles. The van der Waals surface area contributed by atoms with Crippen LogP contribution >= 0.6 is 0 Å². The molecule has 1 rings (SSSR count). The topological polar surface area (TPSA) is 130 Å². The lowest BCUT2D eigenvalue weighted by atomic mass is 10.2. The van der Waals surface area contributed by atoms with Gasteiger partial charge in [-0.2, -0.15) is 5.26 Å². The van der Waals surface area contributed by atoms with Gasteiger partial charge in [-0.1, -0.05) is 0 Å². The Morgan fingerprint density at radius 3 is 2.86 bits per heavy atom. The maximum atomic E-state index is 11.1. The van der Waals surface area contributed by atoms with Gasteiger partial charge in [0.25, 0.3) is 0 Å². The van der Waals surface area contributed by atoms with Gasteiger partial charge in [0.1, 0.15) is 0 Å². The van der Waals surface area contributed by atoms with E-state index < -0.39 is 16.6 Å². The fourth-order valence-electron chi connectivity index (χ4n) is 1.65. The van der Waals surface area contributed by atoms with Crippen LogP contribution in [0.5, 0.6) is 0 Å². The van der Waals surface area contributed by atoms with Crippen molar-refractivity contribution in [2.75, 3.05) is 31.7 Å². The van der Waals surface area contributed by atoms with E-state index in [9.17, 15) is 14.9 Å². The molecule has 0 unspecified atom stereocenters. The minimum atomic E-state index is -1.29. The number of carboxylic acids is 1. The fraction of sp³-hybridized carbons (Fsp3) is 0.417. The Morgan fingerprint density at radius 1 is 1.62 bits per heavy atom. The van der Waals surface area contributed by atoms with E-state index in [4.69, 9.17) is 15.1 Å². The Labute approximate surface area is 120 Å². The number of rotatable bonds is 8. The molecule has 0 amide bonds. The van der Waals surface area contributed by atoms with E-state index in [-0.39, 0.29) is 24.3 Å². The Kier molecular flexibility index (Phi) is 6.03. The van der Waals surface area contributed by atoms with Crippen LogP contribution in [0.2, 0.25) is 0 Å². The molecule has 0 aliphatic rings. The summed E-state index contributed by atoms with van der Waals surface area (Å²) in [5.74, 6) is -1.27. The second-order valence-corrected chi connectivity index (χ2v) is 4.02. The highest BCUT2D eigenvalue weighted by atomic mass is 16.6. The smallest absolute Gasteiger partial charge is 0.337 e. The molecule has 1 N–H and O–H groups in total. The van der Waals surface area contributed by atoms with Gasteiger partial charge in [0, 0.05) is 32.5 Å². The van der Waals surface area contributed by atoms with E-state index in [2.05, 4.69) is 4.98 Å². The zero-order valence-corrected chi connectivity index (χ0v) is 11.4. The van der Waals surface area contributed by atoms with Crippen LogP contribution in [0.4, 0.5) is 11.5 Å². The van der Waals surface area contributed by atoms with Gasteiger partial charge in [0.05, 0.1) is 29.6 Å². The second-order valence-electron chi connectivity index (χ2n) is 4.02. The highest BCUT2D eigenvalue weighted by molar-refractivity contribution is 5.88. The lowest BCUT2D eigenvalue weighted by Crippen LogP contribution is -2.29. The van der Waals surface area contributed by atoms with Gasteiger partial charge in [-0.3, -0.25) is 10.1 Å². The van der Waals surface area contributed by atoms with Crippen molar-refractivity contribution >= 4 is 17.5 Å². The average molecular weight is 294 g/mol. The molecule has 0 atom stereocenters. The van der Waals surface area contributed by atoms with Gasteiger partial charge in [0.15, 0.2) is 0 Å². The SMILES string of the molecule is COCCN(CCC#N)c1ncc(C(=O)O)cc1[N+](=O)[O-]. The molecule has 9 heteroatoms. The average Bonchev–Trinajstić information content (AvgIpc) is 2.46. The summed E-state index contributed by atoms with van der Waals surface area (Å²) in [4.78, 5) is 26.7. The highest BCUT2D eigenvalue weighted by Gasteiger charge is 2.23. The third kappa shape index (κ3) is 4.39. The van der Waals surface area contributed by atoms with Gasteiger partial charge in [-0.15, -0.1) is 0 Å². The second kappa shape index (κ2) is 7.76. The van der Waals surface area contributed by atoms with Crippen LogP contribution in [0.3, 0.4) is 0 Å². The standard InChI is InChI=1S/C12H14N4O5/c1-21-6-5-15(4-2-3-13)11-10(16(19)20)7-9(8-14-11)12(17)18/h7-8H,2,4-6H2,1H3,(H,17,18). The van der Waals surface area contributed by atoms with Crippen molar-refractivity contribution in [2.45, 2.75) is 6.42 Å². The van der Waals surface area contributed by atoms with Crippen molar-refractivity contribution in [3.63, 3.8) is 0 Å². The number of anilines is 1. The molecule has 21 heavy (non-hydrogen) atoms. The number of nitro groups is 1. The molecule has 0 aromatic carbocycles. The van der Waals surface area contributed by atoms with Crippen LogP contribution < -0.4 is 4.90 Å². The number of pyridine rings is 1. The highest BCUT2D eigenvalue weighted by Crippen LogP contribution is 2.26. The zero-order valence-electron chi connectivity index (χ0n) is 11.4. The Hall–Kier alpha value is -2.73. The third-order valence-corrected chi connectivity index (χ3v) is 2.65. The number of ether oxygens (including phenoxy) is 1. The van der Waals surface area contributed by atoms with E-state index in [0.717, 1.165) is 12.3 Å². The summed E-state index contributed by atoms with van der Waals surface area (Å²) in [6.07, 6.45) is 1.21. The fourth-order valence-corrected chi connectivity index (χ4v) is 1.65. The normalized spacial score (nSPS) is 9.90. The van der Waals surface area contributed by atoms with Crippen LogP contribution in [0.15, 0.2) is 12.3 Å². The summed E-state index contributed by atoms with van der Waals surface area (Å²) in [7, 11) is 1.48. The summed E-state index contributed by atoms with van der Waals surface area (Å²) in [6.45, 7) is 0.837. The van der Waals surface area contributed by atoms with E-state index in [1.165, 1.54) is 12.0 Å². The summed E-state index contributed by atoms with van der Waals surface area (Å²) in [5, 5.41) is 28.6. The predicted molar refractivity (Wildman–Crippen MR) is 72.2 cm³/mol. The van der Waals surface area contributed by atoms with Crippen molar-refractivity contribution in [1.82, 2.24) is 4.98 Å². The van der Waals surface area contributed by atoms with E-state index in [1.807, 2.05) is 6.07 Å². The molecule has 0 saturated carbocycles. The molecule has 0 bridgehead atoms. The zero-order chi connectivity index (χ0) is 15.8. The lowest BCUT2D eigenvalue weighted by molar-refractivity contribution is -0.384. The number of nitrogens with zero attached hydrogens (tertiary/aromatic N) is 4. The number of hydrogen-bond donors (Lipinski definition) is 1. The molecule has 0 radical (unpaired) electrons. The molecule has 112 valence electrons. The van der Waals surface area contributed by atoms with Crippen molar-refractivity contribution in [3.05, 3.63) is 27.9 Å². The van der Waals surface area contributed by atoms with E-state index >= 15 is 0 Å². The molecule has 0 fully saturated rings. The van der Waals surface area contributed by atoms with Crippen molar-refractivity contribution in [3.8, 4) is 6.07 Å². The minimum Gasteiger partial charge on any atom is -0.478 e. The molecule has 0 saturated heterocycles. The van der Waals surface area contributed by atoms with Gasteiger partial charge in [0.2, 0.25) is 5.82 Å². The maximum Gasteiger partial charge on any atom is 0.337 e. The quantitative estimate of drug-likeness (QED) is 0.556. The van der Waals surface area contributed by atoms with Crippen LogP contribution in [0, 0.1) is 21.4 Å². The van der Waals surface area contributed by atoms with Crippen LogP contribution in [0.1, 0.15) is 16.8 Å². The maximum absolute atomic E-state index is 11.1. The van der Waals surface area contributed by atoms with Crippen LogP contribution in [-0.4, -0.2) is 47.8 Å². The monoisotopic (exact) mass is 294 g/mol. The van der Waals surface area contributed by atoms with Crippen molar-refractivity contribution in [2.24, 2.45) is 0 Å². The van der Waals surface area contributed by atoms with Crippen molar-refractivity contribution < 1.29 is 19.6 Å². The third-order valence-electron chi connectivity index (χ3n) is 2.65. The number of carbonyl (C=O) groups is 1. The van der Waals surface area contributed by atoms with Crippen LogP contribution in [0.25, 0.3) is 0 Å². The summed E-state index contributed by atoms with van der Waals surface area (Å²) in [6, 6.07) is 2.90. The molecule has 0 aliphatic heterocycles. The first-order valence-corrected chi connectivity index (χ1v) is 5.99. The number of aromatic nitrogens is 1. The molecule has 0 aliphatic carbocycles. The Bertz CT molecular complexity index is 569. The molecule has 9 nitrogen and oxygen atoms in total. The summed E-state index contributed by atoms with van der Waals surface area (Å²) < 4.78 is 4.92. The predicted octanol–water partition coefficient (Wildman–Crippen LogP) is 1.05. The van der Waals surface area contributed by atoms with Gasteiger partial charge < -0.3 is 14.7 Å². The Morgan fingerprint density at radius 2 is 2.33 bits per heavy atom. The van der Waals surface area contributed by atoms with Gasteiger partial charge in [-0.25, -0.2) is 9.78 Å². The van der Waals surface area contributed by atoms with Crippen molar-refractivity contribution in [1.29, 1.82) is 5.26 Å². The Balaban J connectivity index is 3.19. The first kappa shape index (κ1) is 16.3. The van der Waals surface area contributed by atoms with Crippen LogP contribution in [-0.2, 0) is 4.74 Å². The first-order valence-electron chi connectivity index (χ1n) is 5.99. The lowest BCUT2D eigenvalue weighted by Gasteiger charge is -2.21. The minimum absolute atomic E-state index is 0.0253. The number of carboxylic acid groups (broad SMARTS) is 1. The van der Waals surface area contributed by atoms with E-state index in [0.29, 0.717) is 13.2 Å². The molecule has 1 aromatic rings. The molecule has 1 aromatic heterocycles. The van der Waals surface area contributed by atoms with Gasteiger partial charge >= 0.3 is 11.7 Å². The summed E-state index contributed by atoms with van der Waals surface area (Å²) in [5.41, 5.74) is -0.679. The molecular formula is C12H14N4O5. The van der Waals surface area contributed by atoms with Gasteiger partial charge in [-0.05, 0) is 0 Å².